The second-order valence-electron chi connectivity index (χ2n) is 6.32. The van der Waals surface area contributed by atoms with Crippen LogP contribution in [0.4, 0.5) is 0 Å². The minimum atomic E-state index is 0.309. The minimum absolute atomic E-state index is 0.309. The van der Waals surface area contributed by atoms with E-state index in [1.54, 1.807) is 16.9 Å². The molecule has 0 atom stereocenters. The molecule has 107 valence electrons. The van der Waals surface area contributed by atoms with Crippen molar-refractivity contribution in [3.05, 3.63) is 63.4 Å². The Kier molecular flexibility index (Phi) is 3.24. The van der Waals surface area contributed by atoms with Crippen molar-refractivity contribution in [1.82, 2.24) is 4.90 Å². The lowest BCUT2D eigenvalue weighted by Crippen LogP contribution is -2.40. The first kappa shape index (κ1) is 13.3. The van der Waals surface area contributed by atoms with Crippen LogP contribution in [0.2, 0.25) is 0 Å². The van der Waals surface area contributed by atoms with Crippen LogP contribution in [0.15, 0.2) is 36.4 Å². The molecule has 21 heavy (non-hydrogen) atoms. The van der Waals surface area contributed by atoms with Crippen LogP contribution in [-0.4, -0.2) is 18.0 Å². The monoisotopic (exact) mass is 294 g/mol. The van der Waals surface area contributed by atoms with Gasteiger partial charge in [0.25, 0.3) is 0 Å². The molecule has 2 aliphatic rings. The lowest BCUT2D eigenvalue weighted by atomic mass is 9.74. The summed E-state index contributed by atoms with van der Waals surface area (Å²) in [5.74, 6) is 0. The Balaban J connectivity index is 1.48. The van der Waals surface area contributed by atoms with Gasteiger partial charge in [0.15, 0.2) is 0 Å². The molecule has 0 unspecified atom stereocenters. The topological polar surface area (TPSA) is 3.24 Å². The Labute approximate surface area is 130 Å². The molecule has 2 aromatic rings. The number of benzene rings is 1. The van der Waals surface area contributed by atoms with Crippen LogP contribution in [0.25, 0.3) is 6.08 Å². The van der Waals surface area contributed by atoms with Crippen molar-refractivity contribution < 1.29 is 0 Å². The average molecular weight is 294 g/mol. The van der Waals surface area contributed by atoms with Crippen LogP contribution >= 0.6 is 11.3 Å². The molecule has 1 aliphatic carbocycles. The molecular weight excluding hydrogens is 274 g/mol. The van der Waals surface area contributed by atoms with Gasteiger partial charge in [-0.3, -0.25) is 4.90 Å². The number of rotatable bonds is 2. The third kappa shape index (κ3) is 2.27. The van der Waals surface area contributed by atoms with Crippen LogP contribution in [0.5, 0.6) is 0 Å². The molecule has 2 heterocycles. The average Bonchev–Trinajstić information content (AvgIpc) is 3.08. The fraction of sp³-hybridized carbons (Fsp3) is 0.368. The molecule has 0 amide bonds. The van der Waals surface area contributed by atoms with Gasteiger partial charge in [0.05, 0.1) is 0 Å². The molecule has 1 nitrogen and oxygen atoms in total. The Hall–Kier alpha value is -1.38. The van der Waals surface area contributed by atoms with Crippen molar-refractivity contribution in [2.45, 2.75) is 31.7 Å². The molecule has 1 aromatic carbocycles. The van der Waals surface area contributed by atoms with Crippen LogP contribution in [0.1, 0.15) is 34.4 Å². The number of aryl methyl sites for hydroxylation is 1. The second-order valence-corrected chi connectivity index (χ2v) is 7.26. The van der Waals surface area contributed by atoms with Crippen LogP contribution in [0.3, 0.4) is 0 Å². The molecule has 1 aliphatic heterocycles. The molecule has 1 fully saturated rings. The van der Waals surface area contributed by atoms with E-state index in [0.29, 0.717) is 5.41 Å². The summed E-state index contributed by atoms with van der Waals surface area (Å²) in [7, 11) is 0. The maximum atomic E-state index is 3.25. The zero-order valence-electron chi connectivity index (χ0n) is 12.4. The van der Waals surface area contributed by atoms with Crippen molar-refractivity contribution in [1.29, 1.82) is 0 Å². The fourth-order valence-corrected chi connectivity index (χ4v) is 4.54. The summed E-state index contributed by atoms with van der Waals surface area (Å²) in [5, 5.41) is 3.25. The number of thiophene rings is 1. The highest BCUT2D eigenvalue weighted by molar-refractivity contribution is 7.09. The third-order valence-electron chi connectivity index (χ3n) is 5.09. The predicted molar refractivity (Wildman–Crippen MR) is 89.6 cm³/mol. The largest absolute Gasteiger partial charge is 0.298 e. The van der Waals surface area contributed by atoms with Crippen molar-refractivity contribution in [3.8, 4) is 0 Å². The summed E-state index contributed by atoms with van der Waals surface area (Å²) in [6.45, 7) is 5.68. The molecule has 2 heteroatoms. The Morgan fingerprint density at radius 2 is 2.05 bits per heavy atom. The number of hydrogen-bond acceptors (Lipinski definition) is 2. The zero-order chi connectivity index (χ0) is 14.3. The van der Waals surface area contributed by atoms with Crippen LogP contribution < -0.4 is 0 Å². The lowest BCUT2D eigenvalue weighted by molar-refractivity contribution is 0.178. The van der Waals surface area contributed by atoms with Gasteiger partial charge in [-0.1, -0.05) is 36.4 Å². The first-order valence-corrected chi connectivity index (χ1v) is 8.55. The molecule has 4 rings (SSSR count). The maximum absolute atomic E-state index is 3.25. The Bertz CT molecular complexity index is 674. The van der Waals surface area contributed by atoms with Gasteiger partial charge in [0.2, 0.25) is 0 Å². The number of allylic oxidation sites excluding steroid dienone is 1. The van der Waals surface area contributed by atoms with Gasteiger partial charge < -0.3 is 0 Å². The molecule has 1 spiro atoms. The molecule has 1 aromatic heterocycles. The number of nitrogens with zero attached hydrogens (tertiary/aromatic N) is 1. The minimum Gasteiger partial charge on any atom is -0.298 e. The van der Waals surface area contributed by atoms with E-state index in [1.165, 1.54) is 41.9 Å². The van der Waals surface area contributed by atoms with Crippen molar-refractivity contribution in [3.63, 3.8) is 0 Å². The molecule has 0 N–H and O–H groups in total. The summed E-state index contributed by atoms with van der Waals surface area (Å²) < 4.78 is 0. The molecular formula is C19H20NS. The van der Waals surface area contributed by atoms with Gasteiger partial charge >= 0.3 is 0 Å². The molecule has 1 saturated heterocycles. The van der Waals surface area contributed by atoms with Crippen molar-refractivity contribution in [2.75, 3.05) is 13.1 Å². The highest BCUT2D eigenvalue weighted by Crippen LogP contribution is 2.43. The van der Waals surface area contributed by atoms with Gasteiger partial charge in [-0.15, -0.1) is 11.3 Å². The highest BCUT2D eigenvalue weighted by atomic mass is 32.1. The predicted octanol–water partition coefficient (Wildman–Crippen LogP) is 4.42. The summed E-state index contributed by atoms with van der Waals surface area (Å²) in [6.07, 6.45) is 7.27. The van der Waals surface area contributed by atoms with E-state index in [1.807, 2.05) is 0 Å². The highest BCUT2D eigenvalue weighted by Gasteiger charge is 2.37. The SMILES string of the molecule is Cc1c[c]sc1CN1CCC2(C=Cc3ccccc32)CC1. The van der Waals surface area contributed by atoms with Crippen molar-refractivity contribution >= 4 is 17.4 Å². The van der Waals surface area contributed by atoms with E-state index in [0.717, 1.165) is 6.54 Å². The van der Waals surface area contributed by atoms with Gasteiger partial charge in [-0.2, -0.15) is 0 Å². The van der Waals surface area contributed by atoms with Crippen LogP contribution in [-0.2, 0) is 12.0 Å². The number of fused-ring (bicyclic) bond motifs is 2. The summed E-state index contributed by atoms with van der Waals surface area (Å²) in [6, 6.07) is 11.0. The van der Waals surface area contributed by atoms with E-state index in [9.17, 15) is 0 Å². The smallest absolute Gasteiger partial charge is 0.0448 e. The number of piperidine rings is 1. The third-order valence-corrected chi connectivity index (χ3v) is 6.03. The molecule has 1 radical (unpaired) electrons. The first-order valence-electron chi connectivity index (χ1n) is 7.73. The van der Waals surface area contributed by atoms with E-state index in [-0.39, 0.29) is 0 Å². The van der Waals surface area contributed by atoms with Gasteiger partial charge in [-0.05, 0) is 55.6 Å². The van der Waals surface area contributed by atoms with Crippen LogP contribution in [0, 0.1) is 12.3 Å². The van der Waals surface area contributed by atoms with Crippen molar-refractivity contribution in [2.24, 2.45) is 0 Å². The van der Waals surface area contributed by atoms with E-state index in [2.05, 4.69) is 59.7 Å². The Morgan fingerprint density at radius 1 is 1.24 bits per heavy atom. The standard InChI is InChI=1S/C19H20NS/c1-15-7-13-21-18(15)14-20-11-9-19(10-12-20)8-6-16-4-2-3-5-17(16)19/h2-8H,9-12,14H2,1H3. The maximum Gasteiger partial charge on any atom is 0.0448 e. The summed E-state index contributed by atoms with van der Waals surface area (Å²) >= 11 is 1.77. The zero-order valence-corrected chi connectivity index (χ0v) is 13.2. The number of likely N-dealkylation sites (tertiary alicyclic amines) is 1. The van der Waals surface area contributed by atoms with E-state index in [4.69, 9.17) is 0 Å². The number of hydrogen-bond donors (Lipinski definition) is 0. The fourth-order valence-electron chi connectivity index (χ4n) is 3.69. The normalized spacial score (nSPS) is 20.0. The Morgan fingerprint density at radius 3 is 2.81 bits per heavy atom. The lowest BCUT2D eigenvalue weighted by Gasteiger charge is -2.39. The van der Waals surface area contributed by atoms with E-state index >= 15 is 0 Å². The van der Waals surface area contributed by atoms with Gasteiger partial charge in [0.1, 0.15) is 0 Å². The summed E-state index contributed by atoms with van der Waals surface area (Å²) in [5.41, 5.74) is 4.68. The molecule has 0 bridgehead atoms. The molecule has 0 saturated carbocycles. The van der Waals surface area contributed by atoms with E-state index < -0.39 is 0 Å². The quantitative estimate of drug-likeness (QED) is 0.792. The summed E-state index contributed by atoms with van der Waals surface area (Å²) in [4.78, 5) is 4.08. The first-order chi connectivity index (χ1) is 10.3. The van der Waals surface area contributed by atoms with Gasteiger partial charge in [-0.25, -0.2) is 0 Å². The van der Waals surface area contributed by atoms with Gasteiger partial charge in [0, 0.05) is 22.2 Å². The second kappa shape index (κ2) is 5.11.